The van der Waals surface area contributed by atoms with Crippen molar-refractivity contribution in [3.8, 4) is 0 Å². The molecule has 0 saturated heterocycles. The van der Waals surface area contributed by atoms with Crippen LogP contribution in [0.15, 0.2) is 24.4 Å². The highest BCUT2D eigenvalue weighted by Crippen LogP contribution is 2.36. The minimum absolute atomic E-state index is 0.359. The van der Waals surface area contributed by atoms with Gasteiger partial charge in [0.05, 0.1) is 0 Å². The van der Waals surface area contributed by atoms with Gasteiger partial charge in [0.1, 0.15) is 0 Å². The fraction of sp³-hybridized carbons (Fsp3) is 0.429. The summed E-state index contributed by atoms with van der Waals surface area (Å²) < 4.78 is 0. The fourth-order valence-corrected chi connectivity index (χ4v) is 3.13. The molecule has 1 aromatic heterocycles. The van der Waals surface area contributed by atoms with Gasteiger partial charge in [-0.3, -0.25) is 0 Å². The Hall–Kier alpha value is -0.990. The number of aromatic amines is 1. The van der Waals surface area contributed by atoms with E-state index < -0.39 is 0 Å². The summed E-state index contributed by atoms with van der Waals surface area (Å²) in [7, 11) is 0. The van der Waals surface area contributed by atoms with E-state index in [2.05, 4.69) is 17.2 Å². The topological polar surface area (TPSA) is 41.8 Å². The number of nitrogens with one attached hydrogen (secondary N) is 1. The number of rotatable bonds is 1. The zero-order valence-corrected chi connectivity index (χ0v) is 10.5. The SMILES string of the molecule is N[C@H]1CCCC(c2c[nH]c3ccc(Cl)cc23)C1. The number of fused-ring (bicyclic) bond motifs is 1. The van der Waals surface area contributed by atoms with Crippen LogP contribution in [-0.2, 0) is 0 Å². The Labute approximate surface area is 106 Å². The Morgan fingerprint density at radius 1 is 1.29 bits per heavy atom. The van der Waals surface area contributed by atoms with E-state index in [1.54, 1.807) is 0 Å². The summed E-state index contributed by atoms with van der Waals surface area (Å²) in [4.78, 5) is 3.33. The van der Waals surface area contributed by atoms with E-state index in [4.69, 9.17) is 17.3 Å². The van der Waals surface area contributed by atoms with Crippen LogP contribution in [-0.4, -0.2) is 11.0 Å². The van der Waals surface area contributed by atoms with Gasteiger partial charge in [0.15, 0.2) is 0 Å². The Morgan fingerprint density at radius 3 is 3.00 bits per heavy atom. The maximum Gasteiger partial charge on any atom is 0.0457 e. The summed E-state index contributed by atoms with van der Waals surface area (Å²) in [6, 6.07) is 6.39. The van der Waals surface area contributed by atoms with Crippen LogP contribution in [0.2, 0.25) is 5.02 Å². The van der Waals surface area contributed by atoms with Gasteiger partial charge in [-0.05, 0) is 48.9 Å². The summed E-state index contributed by atoms with van der Waals surface area (Å²) in [6.07, 6.45) is 6.87. The third kappa shape index (κ3) is 2.07. The monoisotopic (exact) mass is 248 g/mol. The minimum Gasteiger partial charge on any atom is -0.361 e. The lowest BCUT2D eigenvalue weighted by Gasteiger charge is -2.26. The van der Waals surface area contributed by atoms with Crippen LogP contribution in [0.4, 0.5) is 0 Å². The average Bonchev–Trinajstić information content (AvgIpc) is 2.71. The summed E-state index contributed by atoms with van der Waals surface area (Å²) >= 11 is 6.08. The lowest BCUT2D eigenvalue weighted by atomic mass is 9.81. The van der Waals surface area contributed by atoms with Crippen molar-refractivity contribution in [2.24, 2.45) is 5.73 Å². The Bertz CT molecular complexity index is 532. The van der Waals surface area contributed by atoms with Gasteiger partial charge in [0.2, 0.25) is 0 Å². The number of hydrogen-bond donors (Lipinski definition) is 2. The van der Waals surface area contributed by atoms with Crippen LogP contribution in [0.25, 0.3) is 10.9 Å². The molecule has 3 N–H and O–H groups in total. The van der Waals surface area contributed by atoms with E-state index in [0.29, 0.717) is 12.0 Å². The molecule has 1 aliphatic rings. The summed E-state index contributed by atoms with van der Waals surface area (Å²) in [5.74, 6) is 0.589. The van der Waals surface area contributed by atoms with Crippen molar-refractivity contribution >= 4 is 22.5 Å². The Morgan fingerprint density at radius 2 is 2.18 bits per heavy atom. The third-order valence-corrected chi connectivity index (χ3v) is 4.07. The van der Waals surface area contributed by atoms with E-state index in [0.717, 1.165) is 11.4 Å². The number of aromatic nitrogens is 1. The second kappa shape index (κ2) is 4.35. The molecule has 0 bridgehead atoms. The molecule has 2 aromatic rings. The molecule has 0 amide bonds. The van der Waals surface area contributed by atoms with Gasteiger partial charge in [-0.1, -0.05) is 18.0 Å². The molecule has 0 radical (unpaired) electrons. The van der Waals surface area contributed by atoms with Gasteiger partial charge in [0, 0.05) is 28.2 Å². The van der Waals surface area contributed by atoms with E-state index >= 15 is 0 Å². The maximum absolute atomic E-state index is 6.08. The first-order valence-corrected chi connectivity index (χ1v) is 6.64. The van der Waals surface area contributed by atoms with Gasteiger partial charge >= 0.3 is 0 Å². The molecule has 3 heteroatoms. The highest BCUT2D eigenvalue weighted by Gasteiger charge is 2.22. The van der Waals surface area contributed by atoms with E-state index in [1.165, 1.54) is 35.7 Å². The molecule has 17 heavy (non-hydrogen) atoms. The molecular weight excluding hydrogens is 232 g/mol. The molecule has 0 spiro atoms. The van der Waals surface area contributed by atoms with Crippen molar-refractivity contribution in [1.29, 1.82) is 0 Å². The van der Waals surface area contributed by atoms with Gasteiger partial charge < -0.3 is 10.7 Å². The number of nitrogens with two attached hydrogens (primary N) is 1. The molecule has 2 atom stereocenters. The van der Waals surface area contributed by atoms with Crippen LogP contribution in [0.1, 0.15) is 37.2 Å². The fourth-order valence-electron chi connectivity index (χ4n) is 2.96. The van der Waals surface area contributed by atoms with E-state index in [1.807, 2.05) is 12.1 Å². The van der Waals surface area contributed by atoms with Crippen molar-refractivity contribution in [2.75, 3.05) is 0 Å². The largest absolute Gasteiger partial charge is 0.361 e. The highest BCUT2D eigenvalue weighted by molar-refractivity contribution is 6.31. The second-order valence-electron chi connectivity index (χ2n) is 5.06. The molecule has 1 aromatic carbocycles. The molecule has 90 valence electrons. The molecule has 1 fully saturated rings. The van der Waals surface area contributed by atoms with Crippen LogP contribution in [0.3, 0.4) is 0 Å². The predicted molar refractivity (Wildman–Crippen MR) is 72.5 cm³/mol. The number of hydrogen-bond acceptors (Lipinski definition) is 1. The van der Waals surface area contributed by atoms with E-state index in [9.17, 15) is 0 Å². The molecule has 1 heterocycles. The second-order valence-corrected chi connectivity index (χ2v) is 5.49. The van der Waals surface area contributed by atoms with Crippen LogP contribution in [0, 0.1) is 0 Å². The Balaban J connectivity index is 2.01. The van der Waals surface area contributed by atoms with Crippen molar-refractivity contribution in [2.45, 2.75) is 37.6 Å². The predicted octanol–water partition coefficient (Wildman–Crippen LogP) is 3.81. The zero-order valence-electron chi connectivity index (χ0n) is 9.75. The lowest BCUT2D eigenvalue weighted by molar-refractivity contribution is 0.395. The number of H-pyrrole nitrogens is 1. The van der Waals surface area contributed by atoms with Gasteiger partial charge in [-0.15, -0.1) is 0 Å². The molecule has 2 nitrogen and oxygen atoms in total. The first-order chi connectivity index (χ1) is 8.24. The number of halogens is 1. The first kappa shape index (κ1) is 11.1. The van der Waals surface area contributed by atoms with Crippen LogP contribution in [0.5, 0.6) is 0 Å². The number of benzene rings is 1. The molecule has 1 aliphatic carbocycles. The summed E-state index contributed by atoms with van der Waals surface area (Å²) in [5, 5.41) is 2.06. The lowest BCUT2D eigenvalue weighted by Crippen LogP contribution is -2.26. The first-order valence-electron chi connectivity index (χ1n) is 6.26. The standard InChI is InChI=1S/C14H17ClN2/c15-10-4-5-14-12(7-10)13(8-17-14)9-2-1-3-11(16)6-9/h4-5,7-9,11,17H,1-3,6,16H2/t9?,11-/m0/s1. The quantitative estimate of drug-likeness (QED) is 0.792. The van der Waals surface area contributed by atoms with Crippen molar-refractivity contribution < 1.29 is 0 Å². The minimum atomic E-state index is 0.359. The highest BCUT2D eigenvalue weighted by atomic mass is 35.5. The van der Waals surface area contributed by atoms with Crippen LogP contribution < -0.4 is 5.73 Å². The van der Waals surface area contributed by atoms with Gasteiger partial charge in [-0.25, -0.2) is 0 Å². The van der Waals surface area contributed by atoms with E-state index in [-0.39, 0.29) is 0 Å². The van der Waals surface area contributed by atoms with Crippen molar-refractivity contribution in [3.63, 3.8) is 0 Å². The maximum atomic E-state index is 6.08. The Kier molecular flexibility index (Phi) is 2.85. The molecule has 0 aliphatic heterocycles. The van der Waals surface area contributed by atoms with Crippen LogP contribution >= 0.6 is 11.6 Å². The van der Waals surface area contributed by atoms with Gasteiger partial charge in [-0.2, -0.15) is 0 Å². The smallest absolute Gasteiger partial charge is 0.0457 e. The molecule has 1 saturated carbocycles. The average molecular weight is 249 g/mol. The normalized spacial score (nSPS) is 25.3. The summed E-state index contributed by atoms with van der Waals surface area (Å²) in [5.41, 5.74) is 8.63. The summed E-state index contributed by atoms with van der Waals surface area (Å²) in [6.45, 7) is 0. The van der Waals surface area contributed by atoms with Crippen molar-refractivity contribution in [3.05, 3.63) is 35.0 Å². The molecule has 3 rings (SSSR count). The zero-order chi connectivity index (χ0) is 11.8. The van der Waals surface area contributed by atoms with Crippen molar-refractivity contribution in [1.82, 2.24) is 4.98 Å². The van der Waals surface area contributed by atoms with Gasteiger partial charge in [0.25, 0.3) is 0 Å². The third-order valence-electron chi connectivity index (χ3n) is 3.83. The molecular formula is C14H17ClN2. The molecule has 1 unspecified atom stereocenters.